The van der Waals surface area contributed by atoms with Crippen molar-refractivity contribution in [2.24, 2.45) is 0 Å². The first kappa shape index (κ1) is 14.0. The zero-order valence-electron chi connectivity index (χ0n) is 12.0. The summed E-state index contributed by atoms with van der Waals surface area (Å²) in [5.74, 6) is 0.276. The van der Waals surface area contributed by atoms with Gasteiger partial charge in [0.05, 0.1) is 0 Å². The van der Waals surface area contributed by atoms with E-state index in [0.29, 0.717) is 17.0 Å². The van der Waals surface area contributed by atoms with Crippen LogP contribution in [0, 0.1) is 5.82 Å². The lowest BCUT2D eigenvalue weighted by Gasteiger charge is -2.22. The molecule has 0 aliphatic heterocycles. The molecule has 3 rings (SSSR count). The molecule has 0 unspecified atom stereocenters. The van der Waals surface area contributed by atoms with Gasteiger partial charge in [-0.2, -0.15) is 0 Å². The van der Waals surface area contributed by atoms with Crippen LogP contribution in [0.2, 0.25) is 0 Å². The van der Waals surface area contributed by atoms with Crippen molar-refractivity contribution in [1.29, 1.82) is 0 Å². The second-order valence-corrected chi connectivity index (χ2v) is 5.79. The van der Waals surface area contributed by atoms with E-state index in [9.17, 15) is 9.18 Å². The molecular weight excluding hydrogens is 263 g/mol. The Morgan fingerprint density at radius 1 is 0.810 bits per heavy atom. The van der Waals surface area contributed by atoms with E-state index in [0.717, 1.165) is 0 Å². The van der Waals surface area contributed by atoms with E-state index in [1.165, 1.54) is 61.9 Å². The van der Waals surface area contributed by atoms with Gasteiger partial charge in [-0.25, -0.2) is 4.39 Å². The van der Waals surface area contributed by atoms with Crippen LogP contribution in [0.3, 0.4) is 0 Å². The molecular formula is C19H19FO. The highest BCUT2D eigenvalue weighted by atomic mass is 19.1. The first-order valence-electron chi connectivity index (χ1n) is 7.64. The minimum Gasteiger partial charge on any atom is -0.289 e. The smallest absolute Gasteiger partial charge is 0.193 e. The first-order chi connectivity index (χ1) is 10.2. The molecule has 0 saturated heterocycles. The summed E-state index contributed by atoms with van der Waals surface area (Å²) in [6.45, 7) is 0. The van der Waals surface area contributed by atoms with E-state index in [1.54, 1.807) is 0 Å². The van der Waals surface area contributed by atoms with Gasteiger partial charge in [0, 0.05) is 11.1 Å². The topological polar surface area (TPSA) is 17.1 Å². The molecule has 0 spiro atoms. The fourth-order valence-electron chi connectivity index (χ4n) is 3.11. The average molecular weight is 282 g/mol. The van der Waals surface area contributed by atoms with Crippen molar-refractivity contribution >= 4 is 5.78 Å². The molecule has 1 aliphatic carbocycles. The lowest BCUT2D eigenvalue weighted by atomic mass is 9.84. The largest absolute Gasteiger partial charge is 0.289 e. The number of halogens is 1. The Morgan fingerprint density at radius 2 is 1.33 bits per heavy atom. The average Bonchev–Trinajstić information content (AvgIpc) is 2.56. The van der Waals surface area contributed by atoms with Crippen molar-refractivity contribution in [3.8, 4) is 0 Å². The van der Waals surface area contributed by atoms with Crippen LogP contribution in [0.25, 0.3) is 0 Å². The van der Waals surface area contributed by atoms with Crippen molar-refractivity contribution in [3.63, 3.8) is 0 Å². The van der Waals surface area contributed by atoms with Crippen LogP contribution in [0.15, 0.2) is 48.5 Å². The quantitative estimate of drug-likeness (QED) is 0.715. The Morgan fingerprint density at radius 3 is 1.90 bits per heavy atom. The van der Waals surface area contributed by atoms with Crippen LogP contribution < -0.4 is 0 Å². The Labute approximate surface area is 124 Å². The summed E-state index contributed by atoms with van der Waals surface area (Å²) in [7, 11) is 0. The molecule has 2 aromatic rings. The predicted octanol–water partition coefficient (Wildman–Crippen LogP) is 5.10. The van der Waals surface area contributed by atoms with E-state index in [2.05, 4.69) is 12.1 Å². The summed E-state index contributed by atoms with van der Waals surface area (Å²) >= 11 is 0. The molecule has 0 heterocycles. The number of rotatable bonds is 3. The lowest BCUT2D eigenvalue weighted by molar-refractivity contribution is 0.103. The maximum Gasteiger partial charge on any atom is 0.193 e. The van der Waals surface area contributed by atoms with Gasteiger partial charge in [0.25, 0.3) is 0 Å². The Bertz CT molecular complexity index is 607. The third-order valence-electron chi connectivity index (χ3n) is 4.36. The third kappa shape index (κ3) is 3.21. The number of hydrogen-bond acceptors (Lipinski definition) is 1. The molecule has 0 radical (unpaired) electrons. The maximum absolute atomic E-state index is 12.9. The van der Waals surface area contributed by atoms with Crippen molar-refractivity contribution in [2.45, 2.75) is 38.0 Å². The lowest BCUT2D eigenvalue weighted by Crippen LogP contribution is -2.06. The second-order valence-electron chi connectivity index (χ2n) is 5.79. The summed E-state index contributed by atoms with van der Waals surface area (Å²) in [5.41, 5.74) is 2.54. The van der Waals surface area contributed by atoms with Gasteiger partial charge in [-0.05, 0) is 48.6 Å². The van der Waals surface area contributed by atoms with Gasteiger partial charge in [-0.3, -0.25) is 4.79 Å². The molecule has 1 nitrogen and oxygen atoms in total. The number of hydrogen-bond donors (Lipinski definition) is 0. The normalized spacial score (nSPS) is 15.9. The number of benzene rings is 2. The molecule has 2 heteroatoms. The first-order valence-corrected chi connectivity index (χ1v) is 7.64. The van der Waals surface area contributed by atoms with Gasteiger partial charge >= 0.3 is 0 Å². The van der Waals surface area contributed by atoms with Crippen LogP contribution in [0.1, 0.15) is 59.5 Å². The van der Waals surface area contributed by atoms with Gasteiger partial charge in [0.1, 0.15) is 5.82 Å². The van der Waals surface area contributed by atoms with Crippen LogP contribution in [0.4, 0.5) is 4.39 Å². The van der Waals surface area contributed by atoms with Crippen molar-refractivity contribution < 1.29 is 9.18 Å². The SMILES string of the molecule is O=C(c1ccc(F)cc1)c1ccc(C2CCCCC2)cc1. The predicted molar refractivity (Wildman–Crippen MR) is 82.1 cm³/mol. The number of carbonyl (C=O) groups is 1. The van der Waals surface area contributed by atoms with Crippen LogP contribution >= 0.6 is 0 Å². The second kappa shape index (κ2) is 6.21. The van der Waals surface area contributed by atoms with Gasteiger partial charge in [-0.1, -0.05) is 43.5 Å². The van der Waals surface area contributed by atoms with Gasteiger partial charge in [0.2, 0.25) is 0 Å². The van der Waals surface area contributed by atoms with E-state index in [1.807, 2.05) is 12.1 Å². The molecule has 2 aromatic carbocycles. The molecule has 0 bridgehead atoms. The van der Waals surface area contributed by atoms with E-state index in [4.69, 9.17) is 0 Å². The molecule has 108 valence electrons. The highest BCUT2D eigenvalue weighted by Gasteiger charge is 2.16. The molecule has 1 fully saturated rings. The third-order valence-corrected chi connectivity index (χ3v) is 4.36. The van der Waals surface area contributed by atoms with E-state index in [-0.39, 0.29) is 11.6 Å². The summed E-state index contributed by atoms with van der Waals surface area (Å²) in [5, 5.41) is 0. The highest BCUT2D eigenvalue weighted by molar-refractivity contribution is 6.08. The van der Waals surface area contributed by atoms with Crippen molar-refractivity contribution in [1.82, 2.24) is 0 Å². The zero-order valence-corrected chi connectivity index (χ0v) is 12.0. The Balaban J connectivity index is 1.77. The minimum absolute atomic E-state index is 0.0507. The molecule has 21 heavy (non-hydrogen) atoms. The summed E-state index contributed by atoms with van der Waals surface area (Å²) in [6.07, 6.45) is 6.47. The Kier molecular flexibility index (Phi) is 4.14. The van der Waals surface area contributed by atoms with Gasteiger partial charge < -0.3 is 0 Å². The molecule has 1 aliphatic rings. The molecule has 0 atom stereocenters. The molecule has 0 N–H and O–H groups in total. The van der Waals surface area contributed by atoms with Crippen molar-refractivity contribution in [2.75, 3.05) is 0 Å². The standard InChI is InChI=1S/C19H19FO/c20-18-12-10-17(11-13-18)19(21)16-8-6-15(7-9-16)14-4-2-1-3-5-14/h6-14H,1-5H2. The van der Waals surface area contributed by atoms with E-state index < -0.39 is 0 Å². The van der Waals surface area contributed by atoms with Crippen LogP contribution in [-0.4, -0.2) is 5.78 Å². The van der Waals surface area contributed by atoms with E-state index >= 15 is 0 Å². The fourth-order valence-corrected chi connectivity index (χ4v) is 3.11. The zero-order chi connectivity index (χ0) is 14.7. The van der Waals surface area contributed by atoms with Gasteiger partial charge in [0.15, 0.2) is 5.78 Å². The fraction of sp³-hybridized carbons (Fsp3) is 0.316. The molecule has 0 amide bonds. The van der Waals surface area contributed by atoms with Crippen molar-refractivity contribution in [3.05, 3.63) is 71.0 Å². The minimum atomic E-state index is -0.320. The summed E-state index contributed by atoms with van der Waals surface area (Å²) in [4.78, 5) is 12.3. The molecule has 1 saturated carbocycles. The number of carbonyl (C=O) groups excluding carboxylic acids is 1. The van der Waals surface area contributed by atoms with Gasteiger partial charge in [-0.15, -0.1) is 0 Å². The Hall–Kier alpha value is -1.96. The maximum atomic E-state index is 12.9. The van der Waals surface area contributed by atoms with Crippen LogP contribution in [0.5, 0.6) is 0 Å². The summed E-state index contributed by atoms with van der Waals surface area (Å²) in [6, 6.07) is 13.7. The van der Waals surface area contributed by atoms with Crippen LogP contribution in [-0.2, 0) is 0 Å². The monoisotopic (exact) mass is 282 g/mol. The number of ketones is 1. The highest BCUT2D eigenvalue weighted by Crippen LogP contribution is 2.32. The molecule has 0 aromatic heterocycles. The summed E-state index contributed by atoms with van der Waals surface area (Å²) < 4.78 is 12.9.